The molecule has 1 unspecified atom stereocenters. The van der Waals surface area contributed by atoms with Gasteiger partial charge in [-0.1, -0.05) is 0 Å². The van der Waals surface area contributed by atoms with E-state index in [0.717, 1.165) is 0 Å². The van der Waals surface area contributed by atoms with E-state index in [1.165, 1.54) is 0 Å². The van der Waals surface area contributed by atoms with Crippen LogP contribution < -0.4 is 0 Å². The summed E-state index contributed by atoms with van der Waals surface area (Å²) in [5.74, 6) is 0. The highest BCUT2D eigenvalue weighted by Gasteiger charge is 2.37. The van der Waals surface area contributed by atoms with Crippen LogP contribution in [-0.4, -0.2) is 105 Å². The summed E-state index contributed by atoms with van der Waals surface area (Å²) >= 11 is 1.65. The molecule has 0 aromatic heterocycles. The number of hydrogen-bond acceptors (Lipinski definition) is 7. The van der Waals surface area contributed by atoms with E-state index in [-0.39, 0.29) is 26.4 Å². The lowest BCUT2D eigenvalue weighted by Gasteiger charge is -2.38. The Bertz CT molecular complexity index is 436. The van der Waals surface area contributed by atoms with Crippen molar-refractivity contribution in [2.45, 2.75) is 0 Å². The lowest BCUT2D eigenvalue weighted by molar-refractivity contribution is 0.0128. The van der Waals surface area contributed by atoms with Crippen LogP contribution in [0.15, 0.2) is 0 Å². The highest BCUT2D eigenvalue weighted by molar-refractivity contribution is 14.1. The Morgan fingerprint density at radius 1 is 1.08 bits per heavy atom. The highest BCUT2D eigenvalue weighted by atomic mass is 127. The van der Waals surface area contributed by atoms with Gasteiger partial charge in [-0.3, -0.25) is 4.57 Å². The Morgan fingerprint density at radius 2 is 1.64 bits per heavy atom. The predicted molar refractivity (Wildman–Crippen MR) is 99.6 cm³/mol. The van der Waals surface area contributed by atoms with Crippen molar-refractivity contribution in [3.63, 3.8) is 0 Å². The van der Waals surface area contributed by atoms with Crippen molar-refractivity contribution >= 4 is 36.8 Å². The molecule has 0 aromatic carbocycles. The zero-order chi connectivity index (χ0) is 18.7. The van der Waals surface area contributed by atoms with Gasteiger partial charge in [0.2, 0.25) is 0 Å². The average molecular weight is 495 g/mol. The molecule has 0 aromatic rings. The van der Waals surface area contributed by atoms with Gasteiger partial charge >= 0.3 is 13.8 Å². The van der Waals surface area contributed by atoms with Crippen LogP contribution in [0, 0.1) is 0 Å². The highest BCUT2D eigenvalue weighted by Crippen LogP contribution is 2.54. The summed E-state index contributed by atoms with van der Waals surface area (Å²) in [4.78, 5) is 13.6. The van der Waals surface area contributed by atoms with Crippen LogP contribution in [0.3, 0.4) is 0 Å². The fourth-order valence-electron chi connectivity index (χ4n) is 2.16. The second-order valence-electron chi connectivity index (χ2n) is 5.41. The first kappa shape index (κ1) is 23.0. The maximum absolute atomic E-state index is 12.7. The van der Waals surface area contributed by atoms with Crippen LogP contribution in [0.1, 0.15) is 0 Å². The Hall–Kier alpha value is -0.0100. The molecule has 12 heteroatoms. The summed E-state index contributed by atoms with van der Waals surface area (Å²) in [6.07, 6.45) is -0.408. The SMILES string of the molecule is CN(C)P(=O)(OI)N1CCN(C(=O)OCCOCCOCCO)CC1. The number of piperazine rings is 1. The Labute approximate surface area is 162 Å². The molecule has 1 heterocycles. The first-order valence-electron chi connectivity index (χ1n) is 7.97. The summed E-state index contributed by atoms with van der Waals surface area (Å²) in [6.45, 7) is 3.23. The molecular formula is C13H27IN3O7P. The van der Waals surface area contributed by atoms with Crippen molar-refractivity contribution < 1.29 is 31.5 Å². The number of hydrogen-bond donors (Lipinski definition) is 1. The molecule has 1 saturated heterocycles. The molecule has 25 heavy (non-hydrogen) atoms. The second-order valence-corrected chi connectivity index (χ2v) is 9.08. The van der Waals surface area contributed by atoms with Crippen molar-refractivity contribution in [1.82, 2.24) is 14.2 Å². The molecule has 0 bridgehead atoms. The maximum Gasteiger partial charge on any atom is 0.409 e. The first-order valence-corrected chi connectivity index (χ1v) is 10.4. The van der Waals surface area contributed by atoms with E-state index in [9.17, 15) is 9.36 Å². The number of ether oxygens (including phenoxy) is 3. The number of aliphatic hydroxyl groups is 1. The smallest absolute Gasteiger partial charge is 0.409 e. The van der Waals surface area contributed by atoms with Crippen LogP contribution >= 0.6 is 30.7 Å². The molecule has 1 amide bonds. The van der Waals surface area contributed by atoms with Crippen molar-refractivity contribution in [2.24, 2.45) is 0 Å². The third-order valence-electron chi connectivity index (χ3n) is 3.53. The van der Waals surface area contributed by atoms with Gasteiger partial charge in [-0.2, -0.15) is 0 Å². The van der Waals surface area contributed by atoms with Gasteiger partial charge in [0, 0.05) is 26.2 Å². The molecule has 10 nitrogen and oxygen atoms in total. The third kappa shape index (κ3) is 7.63. The van der Waals surface area contributed by atoms with Gasteiger partial charge < -0.3 is 24.2 Å². The molecule has 1 aliphatic rings. The molecule has 148 valence electrons. The zero-order valence-corrected chi connectivity index (χ0v) is 17.7. The van der Waals surface area contributed by atoms with Crippen LogP contribution in [0.2, 0.25) is 0 Å². The monoisotopic (exact) mass is 495 g/mol. The van der Waals surface area contributed by atoms with Crippen molar-refractivity contribution in [3.05, 3.63) is 0 Å². The van der Waals surface area contributed by atoms with Crippen LogP contribution in [-0.2, 0) is 21.6 Å². The molecule has 0 saturated carbocycles. The quantitative estimate of drug-likeness (QED) is 0.254. The fraction of sp³-hybridized carbons (Fsp3) is 0.923. The van der Waals surface area contributed by atoms with E-state index in [1.54, 1.807) is 51.3 Å². The average Bonchev–Trinajstić information content (AvgIpc) is 2.63. The van der Waals surface area contributed by atoms with Gasteiger partial charge in [0.05, 0.1) is 33.0 Å². The topological polar surface area (TPSA) is 101 Å². The fourth-order valence-corrected chi connectivity index (χ4v) is 5.36. The molecule has 1 aliphatic heterocycles. The Morgan fingerprint density at radius 3 is 2.16 bits per heavy atom. The summed E-state index contributed by atoms with van der Waals surface area (Å²) < 4.78 is 36.6. The molecule has 0 aliphatic carbocycles. The Balaban J connectivity index is 2.20. The number of rotatable bonds is 11. The van der Waals surface area contributed by atoms with Crippen molar-refractivity contribution in [2.75, 3.05) is 79.9 Å². The first-order chi connectivity index (χ1) is 12.0. The van der Waals surface area contributed by atoms with Crippen molar-refractivity contribution in [1.29, 1.82) is 0 Å². The van der Waals surface area contributed by atoms with Gasteiger partial charge in [-0.05, 0) is 14.1 Å². The lowest BCUT2D eigenvalue weighted by atomic mass is 10.4. The van der Waals surface area contributed by atoms with E-state index in [1.807, 2.05) is 0 Å². The summed E-state index contributed by atoms with van der Waals surface area (Å²) in [5, 5.41) is 8.54. The summed E-state index contributed by atoms with van der Waals surface area (Å²) in [7, 11) is 0.387. The number of carbonyl (C=O) groups excluding carboxylic acids is 1. The second kappa shape index (κ2) is 12.4. The molecule has 1 N–H and O–H groups in total. The number of carbonyl (C=O) groups is 1. The predicted octanol–water partition coefficient (Wildman–Crippen LogP) is 0.802. The third-order valence-corrected chi connectivity index (χ3v) is 7.37. The normalized spacial score (nSPS) is 18.4. The van der Waals surface area contributed by atoms with Crippen LogP contribution in [0.5, 0.6) is 0 Å². The lowest BCUT2D eigenvalue weighted by Crippen LogP contribution is -2.48. The van der Waals surface area contributed by atoms with E-state index in [2.05, 4.69) is 0 Å². The van der Waals surface area contributed by atoms with E-state index in [4.69, 9.17) is 22.2 Å². The van der Waals surface area contributed by atoms with Gasteiger partial charge in [0.15, 0.2) is 0 Å². The minimum atomic E-state index is -3.02. The van der Waals surface area contributed by atoms with E-state index in [0.29, 0.717) is 39.4 Å². The van der Waals surface area contributed by atoms with Crippen LogP contribution in [0.4, 0.5) is 4.79 Å². The molecule has 0 radical (unpaired) electrons. The van der Waals surface area contributed by atoms with Gasteiger partial charge in [-0.15, -0.1) is 0 Å². The molecule has 1 atom stereocenters. The van der Waals surface area contributed by atoms with Gasteiger partial charge in [-0.25, -0.2) is 17.0 Å². The molecule has 0 spiro atoms. The number of halogens is 1. The zero-order valence-electron chi connectivity index (χ0n) is 14.6. The maximum atomic E-state index is 12.7. The largest absolute Gasteiger partial charge is 0.447 e. The van der Waals surface area contributed by atoms with Gasteiger partial charge in [0.1, 0.15) is 29.6 Å². The number of nitrogens with zero attached hydrogens (tertiary/aromatic N) is 3. The minimum absolute atomic E-state index is 0.0150. The summed E-state index contributed by atoms with van der Waals surface area (Å²) in [5.41, 5.74) is 0. The van der Waals surface area contributed by atoms with Crippen molar-refractivity contribution in [3.8, 4) is 0 Å². The van der Waals surface area contributed by atoms with E-state index >= 15 is 0 Å². The molecule has 1 fully saturated rings. The van der Waals surface area contributed by atoms with Gasteiger partial charge in [0.25, 0.3) is 0 Å². The number of aliphatic hydroxyl groups excluding tert-OH is 1. The van der Waals surface area contributed by atoms with E-state index < -0.39 is 13.8 Å². The Kier molecular flexibility index (Phi) is 11.4. The molecular weight excluding hydrogens is 468 g/mol. The minimum Gasteiger partial charge on any atom is -0.447 e. The molecule has 1 rings (SSSR count). The summed E-state index contributed by atoms with van der Waals surface area (Å²) in [6, 6.07) is 0. The standard InChI is InChI=1S/C13H27IN3O7P/c1-15(2)25(20,24-14)17-5-3-16(4-6-17)13(19)23-12-11-22-10-9-21-8-7-18/h18H,3-12H2,1-2H3. The number of amides is 1. The van der Waals surface area contributed by atoms with Crippen LogP contribution in [0.25, 0.3) is 0 Å².